The molecule has 13 heteroatoms. The van der Waals surface area contributed by atoms with Gasteiger partial charge in [-0.3, -0.25) is 4.57 Å². The average Bonchev–Trinajstić information content (AvgIpc) is 3.33. The van der Waals surface area contributed by atoms with Crippen molar-refractivity contribution in [3.05, 3.63) is 29.8 Å². The molecule has 2 aliphatic heterocycles. The average molecular weight is 546 g/mol. The van der Waals surface area contributed by atoms with Gasteiger partial charge in [0.15, 0.2) is 5.82 Å². The van der Waals surface area contributed by atoms with E-state index >= 15 is 0 Å². The lowest BCUT2D eigenvalue weighted by molar-refractivity contribution is 0.0203. The van der Waals surface area contributed by atoms with Gasteiger partial charge in [-0.15, -0.1) is 0 Å². The van der Waals surface area contributed by atoms with E-state index in [-0.39, 0.29) is 18.0 Å². The lowest BCUT2D eigenvalue weighted by atomic mass is 9.96. The highest BCUT2D eigenvalue weighted by Gasteiger charge is 2.31. The number of nitrogens with zero attached hydrogens (tertiary/aromatic N) is 7. The summed E-state index contributed by atoms with van der Waals surface area (Å²) in [6, 6.07) is 5.07. The second-order valence-electron chi connectivity index (χ2n) is 10.6. The molecule has 0 N–H and O–H groups in total. The molecular weight excluding hydrogens is 512 g/mol. The monoisotopic (exact) mass is 545 g/mol. The Bertz CT molecular complexity index is 1330. The Balaban J connectivity index is 1.53. The summed E-state index contributed by atoms with van der Waals surface area (Å²) in [4.78, 5) is 34.5. The number of rotatable bonds is 5. The smallest absolute Gasteiger partial charge is 0.410 e. The van der Waals surface area contributed by atoms with E-state index in [4.69, 9.17) is 24.2 Å². The van der Waals surface area contributed by atoms with Crippen molar-refractivity contribution in [3.63, 3.8) is 0 Å². The molecule has 4 heterocycles. The van der Waals surface area contributed by atoms with Crippen LogP contribution < -0.4 is 9.64 Å². The molecule has 3 aromatic rings. The molecule has 0 bridgehead atoms. The minimum absolute atomic E-state index is 0.0714. The highest BCUT2D eigenvalue weighted by atomic mass is 19.3. The third-order valence-electron chi connectivity index (χ3n) is 6.72. The molecule has 0 spiro atoms. The highest BCUT2D eigenvalue weighted by Crippen LogP contribution is 2.33. The number of aromatic nitrogens is 5. The molecule has 0 aliphatic carbocycles. The second kappa shape index (κ2) is 10.9. The van der Waals surface area contributed by atoms with Gasteiger partial charge in [0, 0.05) is 32.1 Å². The second-order valence-corrected chi connectivity index (χ2v) is 10.6. The topological polar surface area (TPSA) is 108 Å². The number of carbonyl (C=O) groups is 1. The molecule has 0 unspecified atom stereocenters. The SMILES string of the molecule is COc1cccc2c1nc(C(F)F)n2-c1nc(C2CCN(C(=O)OC(C)(C)C)CC2)nc(N2CCOCC2)n1. The first-order valence-corrected chi connectivity index (χ1v) is 13.0. The van der Waals surface area contributed by atoms with E-state index in [0.29, 0.717) is 80.8 Å². The number of ether oxygens (including phenoxy) is 3. The number of methoxy groups -OCH3 is 1. The summed E-state index contributed by atoms with van der Waals surface area (Å²) in [7, 11) is 1.47. The van der Waals surface area contributed by atoms with Crippen LogP contribution in [-0.2, 0) is 9.47 Å². The predicted molar refractivity (Wildman–Crippen MR) is 139 cm³/mol. The van der Waals surface area contributed by atoms with Gasteiger partial charge in [0.05, 0.1) is 25.8 Å². The number of imidazole rings is 1. The molecule has 11 nitrogen and oxygen atoms in total. The van der Waals surface area contributed by atoms with Crippen LogP contribution in [0.2, 0.25) is 0 Å². The van der Waals surface area contributed by atoms with Crippen LogP contribution in [0.15, 0.2) is 18.2 Å². The minimum Gasteiger partial charge on any atom is -0.494 e. The summed E-state index contributed by atoms with van der Waals surface area (Å²) in [5.41, 5.74) is 0.133. The zero-order valence-corrected chi connectivity index (χ0v) is 22.6. The zero-order chi connectivity index (χ0) is 27.7. The first-order chi connectivity index (χ1) is 18.6. The summed E-state index contributed by atoms with van der Waals surface area (Å²) in [5.74, 6) is 0.782. The van der Waals surface area contributed by atoms with E-state index in [1.54, 1.807) is 23.1 Å². The van der Waals surface area contributed by atoms with E-state index < -0.39 is 17.9 Å². The van der Waals surface area contributed by atoms with Gasteiger partial charge in [0.2, 0.25) is 11.9 Å². The van der Waals surface area contributed by atoms with Gasteiger partial charge >= 0.3 is 6.09 Å². The summed E-state index contributed by atoms with van der Waals surface area (Å²) >= 11 is 0. The van der Waals surface area contributed by atoms with Crippen LogP contribution in [0.4, 0.5) is 19.5 Å². The number of likely N-dealkylation sites (tertiary alicyclic amines) is 1. The molecule has 5 rings (SSSR count). The van der Waals surface area contributed by atoms with Crippen LogP contribution in [0.5, 0.6) is 5.75 Å². The number of hydrogen-bond donors (Lipinski definition) is 0. The molecule has 2 aromatic heterocycles. The first-order valence-electron chi connectivity index (χ1n) is 13.0. The summed E-state index contributed by atoms with van der Waals surface area (Å²) in [5, 5.41) is 0. The number of alkyl halides is 2. The van der Waals surface area contributed by atoms with Crippen molar-refractivity contribution in [2.75, 3.05) is 51.4 Å². The number of morpholine rings is 1. The molecule has 39 heavy (non-hydrogen) atoms. The molecule has 0 radical (unpaired) electrons. The molecule has 2 aliphatic rings. The quantitative estimate of drug-likeness (QED) is 0.468. The van der Waals surface area contributed by atoms with Gasteiger partial charge in [0.25, 0.3) is 6.43 Å². The van der Waals surface area contributed by atoms with Crippen molar-refractivity contribution in [2.24, 2.45) is 0 Å². The molecule has 2 saturated heterocycles. The van der Waals surface area contributed by atoms with E-state index in [1.807, 2.05) is 25.7 Å². The largest absolute Gasteiger partial charge is 0.494 e. The Labute approximate surface area is 225 Å². The zero-order valence-electron chi connectivity index (χ0n) is 22.6. The maximum absolute atomic E-state index is 14.3. The molecule has 0 saturated carbocycles. The van der Waals surface area contributed by atoms with Gasteiger partial charge in [-0.25, -0.2) is 18.6 Å². The van der Waals surface area contributed by atoms with Crippen molar-refractivity contribution in [3.8, 4) is 11.7 Å². The Morgan fingerprint density at radius 3 is 2.36 bits per heavy atom. The number of piperidine rings is 1. The number of hydrogen-bond acceptors (Lipinski definition) is 9. The molecular formula is C26H33F2N7O4. The molecule has 2 fully saturated rings. The predicted octanol–water partition coefficient (Wildman–Crippen LogP) is 4.11. The number of para-hydroxylation sites is 1. The fourth-order valence-electron chi connectivity index (χ4n) is 4.82. The number of benzene rings is 1. The summed E-state index contributed by atoms with van der Waals surface area (Å²) in [6.45, 7) is 8.61. The van der Waals surface area contributed by atoms with Gasteiger partial charge in [-0.05, 0) is 45.7 Å². The number of halogens is 2. The minimum atomic E-state index is -2.87. The number of amides is 1. The standard InChI is InChI=1S/C26H33F2N7O4/c1-26(2,3)39-25(36)34-10-8-16(9-11-34)21-30-23(33-12-14-38-15-13-33)32-24(31-21)35-17-6-5-7-18(37-4)19(17)29-22(35)20(27)28/h5-7,16,20H,8-15H2,1-4H3. The normalized spacial score (nSPS) is 17.2. The fourth-order valence-corrected chi connectivity index (χ4v) is 4.82. The maximum Gasteiger partial charge on any atom is 0.410 e. The van der Waals surface area contributed by atoms with Crippen LogP contribution in [-0.4, -0.2) is 87.6 Å². The van der Waals surface area contributed by atoms with Gasteiger partial charge in [-0.2, -0.15) is 15.0 Å². The third kappa shape index (κ3) is 5.72. The maximum atomic E-state index is 14.3. The molecule has 1 amide bonds. The van der Waals surface area contributed by atoms with Crippen molar-refractivity contribution in [1.29, 1.82) is 0 Å². The van der Waals surface area contributed by atoms with Crippen LogP contribution in [0, 0.1) is 0 Å². The molecule has 0 atom stereocenters. The van der Waals surface area contributed by atoms with Gasteiger partial charge in [0.1, 0.15) is 22.7 Å². The summed E-state index contributed by atoms with van der Waals surface area (Å²) in [6.07, 6.45) is -2.02. The van der Waals surface area contributed by atoms with E-state index in [0.717, 1.165) is 0 Å². The number of carbonyl (C=O) groups excluding carboxylic acids is 1. The van der Waals surface area contributed by atoms with Crippen molar-refractivity contribution in [2.45, 2.75) is 51.6 Å². The van der Waals surface area contributed by atoms with E-state index in [9.17, 15) is 13.6 Å². The van der Waals surface area contributed by atoms with Gasteiger partial charge < -0.3 is 24.0 Å². The fraction of sp³-hybridized carbons (Fsp3) is 0.577. The number of anilines is 1. The van der Waals surface area contributed by atoms with E-state index in [1.165, 1.54) is 11.7 Å². The third-order valence-corrected chi connectivity index (χ3v) is 6.72. The van der Waals surface area contributed by atoms with Crippen LogP contribution in [0.1, 0.15) is 57.6 Å². The lowest BCUT2D eigenvalue weighted by Gasteiger charge is -2.33. The molecule has 1 aromatic carbocycles. The number of fused-ring (bicyclic) bond motifs is 1. The first kappa shape index (κ1) is 27.0. The Hall–Kier alpha value is -3.61. The Kier molecular flexibility index (Phi) is 7.52. The van der Waals surface area contributed by atoms with Crippen LogP contribution in [0.3, 0.4) is 0 Å². The van der Waals surface area contributed by atoms with Crippen LogP contribution in [0.25, 0.3) is 17.0 Å². The van der Waals surface area contributed by atoms with Crippen molar-refractivity contribution in [1.82, 2.24) is 29.4 Å². The van der Waals surface area contributed by atoms with Gasteiger partial charge in [-0.1, -0.05) is 6.07 Å². The van der Waals surface area contributed by atoms with E-state index in [2.05, 4.69) is 9.97 Å². The Morgan fingerprint density at radius 1 is 1.03 bits per heavy atom. The van der Waals surface area contributed by atoms with Crippen molar-refractivity contribution < 1.29 is 27.8 Å². The summed E-state index contributed by atoms with van der Waals surface area (Å²) < 4.78 is 46.2. The Morgan fingerprint density at radius 2 is 1.72 bits per heavy atom. The van der Waals surface area contributed by atoms with Crippen molar-refractivity contribution >= 4 is 23.1 Å². The highest BCUT2D eigenvalue weighted by molar-refractivity contribution is 5.84. The lowest BCUT2D eigenvalue weighted by Crippen LogP contribution is -2.41. The molecule has 210 valence electrons. The van der Waals surface area contributed by atoms with Crippen LogP contribution >= 0.6 is 0 Å².